The van der Waals surface area contributed by atoms with Crippen molar-refractivity contribution in [1.82, 2.24) is 25.1 Å². The minimum Gasteiger partial charge on any atom is -0.508 e. The number of piperazine rings is 1. The molecule has 0 radical (unpaired) electrons. The second kappa shape index (κ2) is 11.9. The maximum Gasteiger partial charge on any atom is 0.334 e. The van der Waals surface area contributed by atoms with Crippen LogP contribution in [0.1, 0.15) is 11.1 Å². The number of hydrogen-bond donors (Lipinski definition) is 2. The molecule has 0 saturated carbocycles. The number of halogens is 1. The minimum absolute atomic E-state index is 0.0877. The van der Waals surface area contributed by atoms with Crippen LogP contribution in [0.15, 0.2) is 48.5 Å². The van der Waals surface area contributed by atoms with Gasteiger partial charge in [-0.3, -0.25) is 9.59 Å². The number of phenolic OH excluding ortho intramolecular Hbond substituents is 1. The molecule has 0 aromatic heterocycles. The summed E-state index contributed by atoms with van der Waals surface area (Å²) < 4.78 is 18.6. The van der Waals surface area contributed by atoms with Crippen LogP contribution in [0, 0.1) is 18.2 Å². The van der Waals surface area contributed by atoms with E-state index in [1.165, 1.54) is 39.2 Å². The van der Waals surface area contributed by atoms with Gasteiger partial charge in [0.2, 0.25) is 11.8 Å². The maximum atomic E-state index is 13.6. The molecule has 2 aliphatic heterocycles. The van der Waals surface area contributed by atoms with Crippen LogP contribution < -0.4 is 5.32 Å². The molecule has 2 aromatic carbocycles. The first-order valence-electron chi connectivity index (χ1n) is 12.2. The van der Waals surface area contributed by atoms with Gasteiger partial charge in [-0.2, -0.15) is 0 Å². The number of ether oxygens (including phenoxy) is 1. The van der Waals surface area contributed by atoms with E-state index in [0.717, 1.165) is 5.56 Å². The van der Waals surface area contributed by atoms with Crippen LogP contribution in [0.3, 0.4) is 0 Å². The Morgan fingerprint density at radius 3 is 2.53 bits per heavy atom. The summed E-state index contributed by atoms with van der Waals surface area (Å²) in [6, 6.07) is 10.9. The summed E-state index contributed by atoms with van der Waals surface area (Å²) in [6.45, 7) is 0.696. The summed E-state index contributed by atoms with van der Waals surface area (Å²) in [5.41, 5.74) is 1.47. The van der Waals surface area contributed by atoms with E-state index in [0.29, 0.717) is 5.56 Å². The lowest BCUT2D eigenvalue weighted by Crippen LogP contribution is -2.76. The molecule has 2 aromatic rings. The van der Waals surface area contributed by atoms with Crippen molar-refractivity contribution >= 4 is 17.8 Å². The Bertz CT molecular complexity index is 1200. The van der Waals surface area contributed by atoms with Crippen molar-refractivity contribution in [2.45, 2.75) is 25.2 Å². The monoisotopic (exact) mass is 523 g/mol. The molecule has 4 rings (SSSR count). The molecule has 200 valence electrons. The van der Waals surface area contributed by atoms with Gasteiger partial charge in [-0.25, -0.2) is 19.2 Å². The van der Waals surface area contributed by atoms with Crippen molar-refractivity contribution in [2.75, 3.05) is 39.9 Å². The number of fused-ring (bicyclic) bond motifs is 1. The largest absolute Gasteiger partial charge is 0.508 e. The fraction of sp³-hybridized carbons (Fsp3) is 0.370. The Kier molecular flexibility index (Phi) is 8.45. The van der Waals surface area contributed by atoms with Crippen LogP contribution in [-0.2, 0) is 27.3 Å². The van der Waals surface area contributed by atoms with Crippen molar-refractivity contribution in [3.05, 3.63) is 65.5 Å². The summed E-state index contributed by atoms with van der Waals surface area (Å²) >= 11 is 0. The molecule has 0 spiro atoms. The van der Waals surface area contributed by atoms with Crippen molar-refractivity contribution in [3.63, 3.8) is 0 Å². The number of amides is 4. The SMILES string of the molecule is C#CCOCCN1C[C@H]2N(C(=O)CN(C)N2C(=O)NCc2ccc(F)cc2)[C@@H](Cc2ccc(O)cc2)C1=O. The van der Waals surface area contributed by atoms with Gasteiger partial charge >= 0.3 is 6.03 Å². The van der Waals surface area contributed by atoms with E-state index in [4.69, 9.17) is 11.2 Å². The lowest BCUT2D eigenvalue weighted by Gasteiger charge is -2.54. The highest BCUT2D eigenvalue weighted by Gasteiger charge is 2.50. The van der Waals surface area contributed by atoms with E-state index >= 15 is 0 Å². The van der Waals surface area contributed by atoms with E-state index in [1.54, 1.807) is 36.2 Å². The molecule has 2 fully saturated rings. The Morgan fingerprint density at radius 2 is 1.84 bits per heavy atom. The first-order valence-corrected chi connectivity index (χ1v) is 12.2. The molecule has 2 atom stereocenters. The summed E-state index contributed by atoms with van der Waals surface area (Å²) in [6.07, 6.45) is 4.69. The number of benzene rings is 2. The normalized spacial score (nSPS) is 19.8. The number of phenols is 1. The van der Waals surface area contributed by atoms with Crippen molar-refractivity contribution in [2.24, 2.45) is 0 Å². The minimum atomic E-state index is -0.862. The predicted molar refractivity (Wildman–Crippen MR) is 136 cm³/mol. The van der Waals surface area contributed by atoms with Gasteiger partial charge < -0.3 is 25.0 Å². The Hall–Kier alpha value is -4.14. The molecule has 2 saturated heterocycles. The van der Waals surface area contributed by atoms with Gasteiger partial charge in [0.25, 0.3) is 0 Å². The Balaban J connectivity index is 1.59. The van der Waals surface area contributed by atoms with E-state index in [9.17, 15) is 23.9 Å². The number of carbonyl (C=O) groups excluding carboxylic acids is 3. The smallest absolute Gasteiger partial charge is 0.334 e. The molecule has 0 aliphatic carbocycles. The highest BCUT2D eigenvalue weighted by Crippen LogP contribution is 2.28. The van der Waals surface area contributed by atoms with Gasteiger partial charge in [0.1, 0.15) is 30.4 Å². The quantitative estimate of drug-likeness (QED) is 0.398. The average molecular weight is 524 g/mol. The number of hydrogen-bond acceptors (Lipinski definition) is 6. The number of likely N-dealkylation sites (N-methyl/N-ethyl adjacent to an activating group) is 1. The Morgan fingerprint density at radius 1 is 1.16 bits per heavy atom. The molecule has 0 unspecified atom stereocenters. The Labute approximate surface area is 220 Å². The first-order chi connectivity index (χ1) is 18.3. The molecule has 2 aliphatic rings. The van der Waals surface area contributed by atoms with Gasteiger partial charge in [-0.05, 0) is 35.4 Å². The lowest BCUT2D eigenvalue weighted by atomic mass is 9.98. The van der Waals surface area contributed by atoms with Crippen LogP contribution in [0.5, 0.6) is 5.75 Å². The molecule has 0 bridgehead atoms. The van der Waals surface area contributed by atoms with Crippen LogP contribution in [0.2, 0.25) is 0 Å². The summed E-state index contributed by atoms with van der Waals surface area (Å²) in [5, 5.41) is 15.5. The number of hydrazine groups is 1. The van der Waals surface area contributed by atoms with Crippen molar-refractivity contribution in [1.29, 1.82) is 0 Å². The highest BCUT2D eigenvalue weighted by molar-refractivity contribution is 5.91. The third-order valence-electron chi connectivity index (χ3n) is 6.56. The van der Waals surface area contributed by atoms with E-state index in [2.05, 4.69) is 11.2 Å². The number of nitrogens with zero attached hydrogens (tertiary/aromatic N) is 4. The van der Waals surface area contributed by atoms with Crippen molar-refractivity contribution in [3.8, 4) is 18.1 Å². The standard InChI is InChI=1S/C27H30FN5O5/c1-3-13-38-14-12-31-17-24-32(23(26(31)36)15-19-6-10-22(34)11-7-19)25(35)18-30(2)33(24)27(37)29-16-20-4-8-21(28)9-5-20/h1,4-11,23-24,34H,12-18H2,2H3,(H,29,37)/t23-,24-/m0/s1. The summed E-state index contributed by atoms with van der Waals surface area (Å²) in [5.74, 6) is 1.57. The van der Waals surface area contributed by atoms with Gasteiger partial charge in [0.15, 0.2) is 0 Å². The molecular weight excluding hydrogens is 493 g/mol. The zero-order valence-corrected chi connectivity index (χ0v) is 21.0. The average Bonchev–Trinajstić information content (AvgIpc) is 2.89. The first kappa shape index (κ1) is 26.9. The van der Waals surface area contributed by atoms with Gasteiger partial charge in [0.05, 0.1) is 19.7 Å². The number of nitrogens with one attached hydrogen (secondary N) is 1. The van der Waals surface area contributed by atoms with Crippen molar-refractivity contribution < 1.29 is 28.6 Å². The van der Waals surface area contributed by atoms with Gasteiger partial charge in [-0.15, -0.1) is 6.42 Å². The second-order valence-electron chi connectivity index (χ2n) is 9.15. The molecular formula is C27H30FN5O5. The van der Waals surface area contributed by atoms with Crippen LogP contribution in [0.4, 0.5) is 9.18 Å². The number of carbonyl (C=O) groups is 3. The molecule has 38 heavy (non-hydrogen) atoms. The van der Waals surface area contributed by atoms with Gasteiger partial charge in [-0.1, -0.05) is 30.2 Å². The summed E-state index contributed by atoms with van der Waals surface area (Å²) in [4.78, 5) is 43.3. The van der Waals surface area contributed by atoms with E-state index in [-0.39, 0.29) is 69.2 Å². The third kappa shape index (κ3) is 6.04. The number of rotatable bonds is 8. The third-order valence-corrected chi connectivity index (χ3v) is 6.56. The predicted octanol–water partition coefficient (Wildman–Crippen LogP) is 1.16. The van der Waals surface area contributed by atoms with Crippen LogP contribution >= 0.6 is 0 Å². The van der Waals surface area contributed by atoms with E-state index < -0.39 is 18.2 Å². The number of terminal acetylenes is 1. The zero-order valence-electron chi connectivity index (χ0n) is 21.0. The van der Waals surface area contributed by atoms with Crippen LogP contribution in [-0.4, -0.2) is 94.9 Å². The van der Waals surface area contributed by atoms with Crippen LogP contribution in [0.25, 0.3) is 0 Å². The fourth-order valence-corrected chi connectivity index (χ4v) is 4.73. The molecule has 11 heteroatoms. The zero-order chi connectivity index (χ0) is 27.2. The van der Waals surface area contributed by atoms with E-state index in [1.807, 2.05) is 0 Å². The number of aromatic hydroxyl groups is 1. The topological polar surface area (TPSA) is 106 Å². The maximum absolute atomic E-state index is 13.6. The highest BCUT2D eigenvalue weighted by atomic mass is 19.1. The number of urea groups is 1. The fourth-order valence-electron chi connectivity index (χ4n) is 4.73. The molecule has 10 nitrogen and oxygen atoms in total. The van der Waals surface area contributed by atoms with Gasteiger partial charge in [0, 0.05) is 26.6 Å². The summed E-state index contributed by atoms with van der Waals surface area (Å²) in [7, 11) is 1.64. The second-order valence-corrected chi connectivity index (χ2v) is 9.15. The molecule has 2 heterocycles. The molecule has 2 N–H and O–H groups in total. The molecule has 4 amide bonds. The lowest BCUT2D eigenvalue weighted by molar-refractivity contribution is -0.187.